The SMILES string of the molecule is Cl.N#Cc1ccc2c(c1)C(C1(c3ccc(Cl)cc3)CCC1)NCC2. The van der Waals surface area contributed by atoms with Crippen LogP contribution in [0.5, 0.6) is 0 Å². The van der Waals surface area contributed by atoms with E-state index in [1.165, 1.54) is 36.0 Å². The topological polar surface area (TPSA) is 35.8 Å². The van der Waals surface area contributed by atoms with Crippen LogP contribution in [0.2, 0.25) is 5.02 Å². The molecular weight excluding hydrogens is 339 g/mol. The Labute approximate surface area is 154 Å². The van der Waals surface area contributed by atoms with Crippen molar-refractivity contribution in [2.24, 2.45) is 0 Å². The van der Waals surface area contributed by atoms with Crippen molar-refractivity contribution in [3.8, 4) is 6.07 Å². The van der Waals surface area contributed by atoms with Gasteiger partial charge in [0.05, 0.1) is 11.6 Å². The molecule has 1 unspecified atom stereocenters. The largest absolute Gasteiger partial charge is 0.309 e. The van der Waals surface area contributed by atoms with Crippen LogP contribution in [0, 0.1) is 11.3 Å². The van der Waals surface area contributed by atoms with Crippen LogP contribution in [0.15, 0.2) is 42.5 Å². The summed E-state index contributed by atoms with van der Waals surface area (Å²) < 4.78 is 0. The van der Waals surface area contributed by atoms with E-state index < -0.39 is 0 Å². The fourth-order valence-electron chi connectivity index (χ4n) is 4.20. The minimum atomic E-state index is 0. The van der Waals surface area contributed by atoms with Crippen molar-refractivity contribution in [1.82, 2.24) is 5.32 Å². The lowest BCUT2D eigenvalue weighted by molar-refractivity contribution is 0.164. The van der Waals surface area contributed by atoms with E-state index in [9.17, 15) is 5.26 Å². The second-order valence-corrected chi connectivity index (χ2v) is 7.12. The second-order valence-electron chi connectivity index (χ2n) is 6.68. The van der Waals surface area contributed by atoms with E-state index >= 15 is 0 Å². The Morgan fingerprint density at radius 1 is 1.12 bits per heavy atom. The van der Waals surface area contributed by atoms with Gasteiger partial charge in [0.25, 0.3) is 0 Å². The van der Waals surface area contributed by atoms with Gasteiger partial charge in [-0.25, -0.2) is 0 Å². The van der Waals surface area contributed by atoms with E-state index in [-0.39, 0.29) is 23.9 Å². The van der Waals surface area contributed by atoms with Gasteiger partial charge in [-0.05, 0) is 66.8 Å². The lowest BCUT2D eigenvalue weighted by Crippen LogP contribution is -2.49. The molecule has 124 valence electrons. The molecule has 0 saturated heterocycles. The Hall–Kier alpha value is -1.53. The summed E-state index contributed by atoms with van der Waals surface area (Å²) in [6, 6.07) is 17.1. The summed E-state index contributed by atoms with van der Waals surface area (Å²) in [4.78, 5) is 0. The maximum Gasteiger partial charge on any atom is 0.0991 e. The molecule has 0 radical (unpaired) electrons. The molecule has 4 heteroatoms. The first-order chi connectivity index (χ1) is 11.2. The summed E-state index contributed by atoms with van der Waals surface area (Å²) >= 11 is 6.08. The Balaban J connectivity index is 0.00000169. The van der Waals surface area contributed by atoms with Crippen LogP contribution in [-0.2, 0) is 11.8 Å². The van der Waals surface area contributed by atoms with Gasteiger partial charge in [0, 0.05) is 16.5 Å². The van der Waals surface area contributed by atoms with Crippen LogP contribution in [0.3, 0.4) is 0 Å². The van der Waals surface area contributed by atoms with Gasteiger partial charge in [-0.2, -0.15) is 5.26 Å². The highest BCUT2D eigenvalue weighted by Gasteiger charge is 2.47. The summed E-state index contributed by atoms with van der Waals surface area (Å²) in [5.74, 6) is 0. The molecule has 1 saturated carbocycles. The first-order valence-electron chi connectivity index (χ1n) is 8.25. The third kappa shape index (κ3) is 2.71. The number of nitriles is 1. The summed E-state index contributed by atoms with van der Waals surface area (Å²) in [6.45, 7) is 0.999. The van der Waals surface area contributed by atoms with Crippen molar-refractivity contribution in [3.63, 3.8) is 0 Å². The molecule has 1 aliphatic heterocycles. The quantitative estimate of drug-likeness (QED) is 0.824. The van der Waals surface area contributed by atoms with Gasteiger partial charge in [-0.3, -0.25) is 0 Å². The minimum absolute atomic E-state index is 0. The van der Waals surface area contributed by atoms with E-state index in [2.05, 4.69) is 35.7 Å². The molecule has 0 aromatic heterocycles. The molecule has 24 heavy (non-hydrogen) atoms. The van der Waals surface area contributed by atoms with Crippen LogP contribution in [-0.4, -0.2) is 6.54 Å². The fraction of sp³-hybridized carbons (Fsp3) is 0.350. The number of halogens is 2. The molecule has 0 bridgehead atoms. The summed E-state index contributed by atoms with van der Waals surface area (Å²) in [5.41, 5.74) is 4.94. The Morgan fingerprint density at radius 3 is 2.50 bits per heavy atom. The van der Waals surface area contributed by atoms with Gasteiger partial charge in [0.1, 0.15) is 0 Å². The molecule has 1 heterocycles. The molecule has 1 fully saturated rings. The van der Waals surface area contributed by atoms with Gasteiger partial charge >= 0.3 is 0 Å². The average Bonchev–Trinajstić information content (AvgIpc) is 2.55. The zero-order chi connectivity index (χ0) is 15.9. The minimum Gasteiger partial charge on any atom is -0.309 e. The van der Waals surface area contributed by atoms with Crippen molar-refractivity contribution < 1.29 is 0 Å². The Morgan fingerprint density at radius 2 is 1.88 bits per heavy atom. The van der Waals surface area contributed by atoms with Crippen LogP contribution < -0.4 is 5.32 Å². The first-order valence-corrected chi connectivity index (χ1v) is 8.63. The summed E-state index contributed by atoms with van der Waals surface area (Å²) in [6.07, 6.45) is 4.66. The maximum atomic E-state index is 9.26. The molecule has 1 aliphatic carbocycles. The predicted octanol–water partition coefficient (Wildman–Crippen LogP) is 4.94. The fourth-order valence-corrected chi connectivity index (χ4v) is 4.32. The van der Waals surface area contributed by atoms with Gasteiger partial charge in [-0.15, -0.1) is 12.4 Å². The number of hydrogen-bond donors (Lipinski definition) is 1. The molecule has 4 rings (SSSR count). The number of hydrogen-bond acceptors (Lipinski definition) is 2. The van der Waals surface area contributed by atoms with Gasteiger partial charge in [0.2, 0.25) is 0 Å². The van der Waals surface area contributed by atoms with Crippen LogP contribution in [0.4, 0.5) is 0 Å². The molecule has 2 aliphatic rings. The molecule has 0 spiro atoms. The zero-order valence-electron chi connectivity index (χ0n) is 13.4. The van der Waals surface area contributed by atoms with Gasteiger partial charge < -0.3 is 5.32 Å². The molecule has 2 aromatic rings. The highest BCUT2D eigenvalue weighted by molar-refractivity contribution is 6.30. The lowest BCUT2D eigenvalue weighted by Gasteiger charge is -2.50. The molecule has 1 atom stereocenters. The molecule has 1 N–H and O–H groups in total. The molecule has 2 aromatic carbocycles. The monoisotopic (exact) mass is 358 g/mol. The van der Waals surface area contributed by atoms with Gasteiger partial charge in [-0.1, -0.05) is 36.2 Å². The smallest absolute Gasteiger partial charge is 0.0991 e. The highest BCUT2D eigenvalue weighted by Crippen LogP contribution is 2.53. The average molecular weight is 359 g/mol. The molecule has 0 amide bonds. The zero-order valence-corrected chi connectivity index (χ0v) is 15.0. The van der Waals surface area contributed by atoms with E-state index in [0.717, 1.165) is 23.6 Å². The van der Waals surface area contributed by atoms with E-state index in [1.807, 2.05) is 18.2 Å². The number of nitrogens with zero attached hydrogens (tertiary/aromatic N) is 1. The van der Waals surface area contributed by atoms with Crippen molar-refractivity contribution in [1.29, 1.82) is 5.26 Å². The van der Waals surface area contributed by atoms with Crippen LogP contribution >= 0.6 is 24.0 Å². The van der Waals surface area contributed by atoms with Crippen LogP contribution in [0.1, 0.15) is 47.6 Å². The standard InChI is InChI=1S/C20H19ClN2.ClH/c21-17-6-4-16(5-7-17)20(9-1-10-20)19-18-12-14(13-22)2-3-15(18)8-11-23-19;/h2-7,12,19,23H,1,8-11H2;1H. The maximum absolute atomic E-state index is 9.26. The lowest BCUT2D eigenvalue weighted by atomic mass is 9.58. The summed E-state index contributed by atoms with van der Waals surface area (Å²) in [7, 11) is 0. The highest BCUT2D eigenvalue weighted by atomic mass is 35.5. The van der Waals surface area contributed by atoms with Crippen molar-refractivity contribution >= 4 is 24.0 Å². The first kappa shape index (κ1) is 17.3. The van der Waals surface area contributed by atoms with Crippen molar-refractivity contribution in [3.05, 3.63) is 69.7 Å². The molecular formula is C20H20Cl2N2. The number of benzene rings is 2. The van der Waals surface area contributed by atoms with Crippen molar-refractivity contribution in [2.45, 2.75) is 37.1 Å². The number of nitrogens with one attached hydrogen (secondary N) is 1. The predicted molar refractivity (Wildman–Crippen MR) is 99.8 cm³/mol. The van der Waals surface area contributed by atoms with Crippen molar-refractivity contribution in [2.75, 3.05) is 6.54 Å². The number of fused-ring (bicyclic) bond motifs is 1. The molecule has 2 nitrogen and oxygen atoms in total. The van der Waals surface area contributed by atoms with E-state index in [4.69, 9.17) is 11.6 Å². The summed E-state index contributed by atoms with van der Waals surface area (Å²) in [5, 5.41) is 13.8. The Bertz CT molecular complexity index is 773. The second kappa shape index (κ2) is 6.76. The van der Waals surface area contributed by atoms with Crippen LogP contribution in [0.25, 0.3) is 0 Å². The van der Waals surface area contributed by atoms with E-state index in [1.54, 1.807) is 0 Å². The van der Waals surface area contributed by atoms with E-state index in [0.29, 0.717) is 0 Å². The number of rotatable bonds is 2. The third-order valence-corrected chi connectivity index (χ3v) is 5.80. The normalized spacial score (nSPS) is 20.9. The van der Waals surface area contributed by atoms with Gasteiger partial charge in [0.15, 0.2) is 0 Å². The Kier molecular flexibility index (Phi) is 4.88. The third-order valence-electron chi connectivity index (χ3n) is 5.55.